The van der Waals surface area contributed by atoms with Crippen LogP contribution in [0.15, 0.2) is 60.7 Å². The van der Waals surface area contributed by atoms with E-state index in [1.54, 1.807) is 37.8 Å². The van der Waals surface area contributed by atoms with Crippen LogP contribution in [0.2, 0.25) is 0 Å². The van der Waals surface area contributed by atoms with Crippen LogP contribution in [0.3, 0.4) is 0 Å². The minimum absolute atomic E-state index is 0.0293. The van der Waals surface area contributed by atoms with Gasteiger partial charge in [-0.05, 0) is 91.3 Å². The predicted molar refractivity (Wildman–Crippen MR) is 189 cm³/mol. The number of rotatable bonds is 7. The van der Waals surface area contributed by atoms with E-state index in [0.717, 1.165) is 21.9 Å². The molecule has 9 heteroatoms. The van der Waals surface area contributed by atoms with Gasteiger partial charge in [0.15, 0.2) is 0 Å². The third-order valence-electron chi connectivity index (χ3n) is 9.92. The summed E-state index contributed by atoms with van der Waals surface area (Å²) in [4.78, 5) is 56.2. The topological polar surface area (TPSA) is 117 Å². The maximum Gasteiger partial charge on any atom is 0.408 e. The van der Waals surface area contributed by atoms with E-state index >= 15 is 0 Å². The second-order valence-electron chi connectivity index (χ2n) is 16.1. The molecule has 256 valence electrons. The minimum Gasteiger partial charge on any atom is -0.444 e. The Morgan fingerprint density at radius 1 is 0.917 bits per heavy atom. The maximum absolute atomic E-state index is 14.1. The number of aryl methyl sites for hydroxylation is 1. The Balaban J connectivity index is 1.35. The van der Waals surface area contributed by atoms with E-state index in [1.165, 1.54) is 0 Å². The Kier molecular flexibility index (Phi) is 9.14. The first-order valence-electron chi connectivity index (χ1n) is 16.8. The number of hydrogen-bond donors (Lipinski definition) is 3. The first-order valence-corrected chi connectivity index (χ1v) is 16.8. The highest BCUT2D eigenvalue weighted by molar-refractivity contribution is 6.02. The summed E-state index contributed by atoms with van der Waals surface area (Å²) in [5.41, 5.74) is 1.25. The van der Waals surface area contributed by atoms with Crippen LogP contribution in [0.4, 0.5) is 10.5 Å². The quantitative estimate of drug-likeness (QED) is 0.254. The molecular weight excluding hydrogens is 604 g/mol. The maximum atomic E-state index is 14.1. The van der Waals surface area contributed by atoms with Crippen molar-refractivity contribution in [3.8, 4) is 0 Å². The number of nitrogens with zero attached hydrogens (tertiary/aromatic N) is 1. The molecule has 1 saturated carbocycles. The third kappa shape index (κ3) is 7.05. The molecule has 0 aromatic heterocycles. The molecule has 1 saturated heterocycles. The molecule has 3 aromatic rings. The van der Waals surface area contributed by atoms with Crippen LogP contribution in [0.5, 0.6) is 0 Å². The summed E-state index contributed by atoms with van der Waals surface area (Å²) in [6, 6.07) is 17.5. The van der Waals surface area contributed by atoms with E-state index in [0.29, 0.717) is 17.8 Å². The highest BCUT2D eigenvalue weighted by atomic mass is 16.6. The molecule has 3 N–H and O–H groups in total. The standard InChI is InChI=1S/C39H50N4O5/c1-22-18-19-25(20-28(22)33(44)40-23(2)26-17-13-15-24-14-11-12-16-27(24)26)41-34(45)31-30-29(39(30,9)10)21-43(31)35(46)32(37(3,4)5)42-36(47)48-38(6,7)8/h11-20,23,29-32H,21H2,1-10H3,(H,40,44)(H,41,45)(H,42,47)/t23-,29+,30+,31+,32-/m1/s1. The molecule has 4 amide bonds. The van der Waals surface area contributed by atoms with E-state index in [2.05, 4.69) is 48.0 Å². The first-order chi connectivity index (χ1) is 22.3. The number of hydrogen-bond acceptors (Lipinski definition) is 5. The number of carbonyl (C=O) groups excluding carboxylic acids is 4. The van der Waals surface area contributed by atoms with Gasteiger partial charge in [-0.2, -0.15) is 0 Å². The fourth-order valence-electron chi connectivity index (χ4n) is 7.19. The number of anilines is 1. The number of fused-ring (bicyclic) bond motifs is 2. The number of amides is 4. The molecule has 2 fully saturated rings. The number of piperidine rings is 1. The molecule has 48 heavy (non-hydrogen) atoms. The average molecular weight is 655 g/mol. The van der Waals surface area contributed by atoms with Gasteiger partial charge < -0.3 is 25.6 Å². The summed E-state index contributed by atoms with van der Waals surface area (Å²) < 4.78 is 5.47. The van der Waals surface area contributed by atoms with Gasteiger partial charge in [0.05, 0.1) is 6.04 Å². The van der Waals surface area contributed by atoms with Crippen LogP contribution in [0.1, 0.15) is 89.8 Å². The van der Waals surface area contributed by atoms with Crippen molar-refractivity contribution in [2.75, 3.05) is 11.9 Å². The lowest BCUT2D eigenvalue weighted by Gasteiger charge is -2.37. The second kappa shape index (κ2) is 12.6. The number of benzene rings is 3. The summed E-state index contributed by atoms with van der Waals surface area (Å²) in [5.74, 6) is -0.743. The first kappa shape index (κ1) is 34.9. The van der Waals surface area contributed by atoms with Crippen LogP contribution in [-0.2, 0) is 14.3 Å². The molecule has 9 nitrogen and oxygen atoms in total. The molecule has 5 rings (SSSR count). The summed E-state index contributed by atoms with van der Waals surface area (Å²) >= 11 is 0. The Morgan fingerprint density at radius 3 is 2.25 bits per heavy atom. The summed E-state index contributed by atoms with van der Waals surface area (Å²) in [6.07, 6.45) is -0.679. The lowest BCUT2D eigenvalue weighted by molar-refractivity contribution is -0.142. The van der Waals surface area contributed by atoms with E-state index in [1.807, 2.05) is 65.0 Å². The van der Waals surface area contributed by atoms with Gasteiger partial charge in [0, 0.05) is 17.8 Å². The number of likely N-dealkylation sites (tertiary alicyclic amines) is 1. The predicted octanol–water partition coefficient (Wildman–Crippen LogP) is 7.00. The summed E-state index contributed by atoms with van der Waals surface area (Å²) in [7, 11) is 0. The van der Waals surface area contributed by atoms with Gasteiger partial charge in [-0.15, -0.1) is 0 Å². The summed E-state index contributed by atoms with van der Waals surface area (Å²) in [6.45, 7) is 19.4. The SMILES string of the molecule is Cc1ccc(NC(=O)[C@@H]2[C@@H]3[C@H](CN2C(=O)[C@@H](NC(=O)OC(C)(C)C)C(C)(C)C)C3(C)C)cc1C(=O)N[C@H](C)c1cccc2ccccc12. The lowest BCUT2D eigenvalue weighted by atomic mass is 9.85. The molecule has 1 heterocycles. The van der Waals surface area contributed by atoms with E-state index in [-0.39, 0.29) is 41.0 Å². The number of alkyl carbamates (subject to hydrolysis) is 1. The van der Waals surface area contributed by atoms with Gasteiger partial charge >= 0.3 is 6.09 Å². The molecule has 0 spiro atoms. The number of nitrogens with one attached hydrogen (secondary N) is 3. The zero-order chi connectivity index (χ0) is 35.3. The molecule has 5 atom stereocenters. The van der Waals surface area contributed by atoms with Crippen molar-refractivity contribution in [1.29, 1.82) is 0 Å². The van der Waals surface area contributed by atoms with Crippen molar-refractivity contribution in [3.63, 3.8) is 0 Å². The van der Waals surface area contributed by atoms with Crippen molar-refractivity contribution in [2.24, 2.45) is 22.7 Å². The van der Waals surface area contributed by atoms with Gasteiger partial charge in [-0.1, -0.05) is 83.1 Å². The smallest absolute Gasteiger partial charge is 0.408 e. The van der Waals surface area contributed by atoms with Gasteiger partial charge in [0.1, 0.15) is 17.7 Å². The van der Waals surface area contributed by atoms with Gasteiger partial charge in [0.25, 0.3) is 5.91 Å². The summed E-state index contributed by atoms with van der Waals surface area (Å²) in [5, 5.41) is 11.1. The van der Waals surface area contributed by atoms with Crippen molar-refractivity contribution in [2.45, 2.75) is 93.0 Å². The fraction of sp³-hybridized carbons (Fsp3) is 0.487. The van der Waals surface area contributed by atoms with Crippen LogP contribution < -0.4 is 16.0 Å². The Bertz CT molecular complexity index is 1750. The van der Waals surface area contributed by atoms with Crippen LogP contribution in [0, 0.1) is 29.6 Å². The zero-order valence-corrected chi connectivity index (χ0v) is 29.9. The van der Waals surface area contributed by atoms with E-state index in [4.69, 9.17) is 4.74 Å². The molecule has 2 aliphatic rings. The van der Waals surface area contributed by atoms with Gasteiger partial charge in [-0.3, -0.25) is 14.4 Å². The van der Waals surface area contributed by atoms with Gasteiger partial charge in [0.2, 0.25) is 11.8 Å². The van der Waals surface area contributed by atoms with E-state index in [9.17, 15) is 19.2 Å². The lowest BCUT2D eigenvalue weighted by Crippen LogP contribution is -2.59. The van der Waals surface area contributed by atoms with Crippen molar-refractivity contribution >= 4 is 40.3 Å². The van der Waals surface area contributed by atoms with Gasteiger partial charge in [-0.25, -0.2) is 4.79 Å². The van der Waals surface area contributed by atoms with E-state index < -0.39 is 29.2 Å². The normalized spacial score (nSPS) is 21.1. The third-order valence-corrected chi connectivity index (χ3v) is 9.92. The molecule has 0 bridgehead atoms. The second-order valence-corrected chi connectivity index (χ2v) is 16.1. The highest BCUT2D eigenvalue weighted by Gasteiger charge is 2.69. The molecule has 3 aromatic carbocycles. The van der Waals surface area contributed by atoms with Crippen LogP contribution in [-0.4, -0.2) is 52.9 Å². The Morgan fingerprint density at radius 2 is 1.58 bits per heavy atom. The minimum atomic E-state index is -0.901. The molecular formula is C39H50N4O5. The van der Waals surface area contributed by atoms with Crippen molar-refractivity contribution in [1.82, 2.24) is 15.5 Å². The molecule has 1 aliphatic carbocycles. The Labute approximate surface area is 284 Å². The van der Waals surface area contributed by atoms with Crippen LogP contribution in [0.25, 0.3) is 10.8 Å². The van der Waals surface area contributed by atoms with Crippen molar-refractivity contribution < 1.29 is 23.9 Å². The Hall–Kier alpha value is -4.40. The van der Waals surface area contributed by atoms with Crippen molar-refractivity contribution in [3.05, 3.63) is 77.4 Å². The monoisotopic (exact) mass is 654 g/mol. The number of ether oxygens (including phenoxy) is 1. The molecule has 0 unspecified atom stereocenters. The van der Waals surface area contributed by atoms with Crippen LogP contribution >= 0.6 is 0 Å². The average Bonchev–Trinajstić information content (AvgIpc) is 3.30. The number of carbonyl (C=O) groups is 4. The fourth-order valence-corrected chi connectivity index (χ4v) is 7.19. The molecule has 0 radical (unpaired) electrons. The molecule has 1 aliphatic heterocycles. The zero-order valence-electron chi connectivity index (χ0n) is 29.9. The highest BCUT2D eigenvalue weighted by Crippen LogP contribution is 2.65. The largest absolute Gasteiger partial charge is 0.444 e.